The second kappa shape index (κ2) is 3.87. The van der Waals surface area contributed by atoms with Crippen LogP contribution in [0.3, 0.4) is 0 Å². The molecule has 5 heteroatoms. The molecule has 1 rings (SSSR count). The number of alkyl halides is 3. The zero-order chi connectivity index (χ0) is 11.0. The van der Waals surface area contributed by atoms with E-state index in [9.17, 15) is 13.9 Å². The van der Waals surface area contributed by atoms with E-state index in [1.165, 1.54) is 6.07 Å². The molecule has 1 N–H and O–H groups in total. The fraction of sp³-hybridized carbons (Fsp3) is 0.556. The summed E-state index contributed by atoms with van der Waals surface area (Å²) in [5, 5.41) is 11.7. The standard InChI is InChI=1S/C9H11BrF2OS/c1-6(2)8(13,9(10,11)12)7-4-3-5-14-7/h3-6,13H,1-2H3. The van der Waals surface area contributed by atoms with Gasteiger partial charge in [-0.1, -0.05) is 19.9 Å². The lowest BCUT2D eigenvalue weighted by atomic mass is 9.89. The van der Waals surface area contributed by atoms with Crippen molar-refractivity contribution in [3.63, 3.8) is 0 Å². The van der Waals surface area contributed by atoms with Crippen molar-refractivity contribution in [2.45, 2.75) is 24.3 Å². The van der Waals surface area contributed by atoms with Gasteiger partial charge in [0.05, 0.1) is 0 Å². The normalized spacial score (nSPS) is 17.1. The Labute approximate surface area is 93.9 Å². The third-order valence-corrected chi connectivity index (χ3v) is 3.76. The van der Waals surface area contributed by atoms with Crippen LogP contribution in [-0.4, -0.2) is 9.94 Å². The van der Waals surface area contributed by atoms with Gasteiger partial charge < -0.3 is 5.11 Å². The Morgan fingerprint density at radius 2 is 2.07 bits per heavy atom. The maximum atomic E-state index is 13.3. The summed E-state index contributed by atoms with van der Waals surface area (Å²) in [4.78, 5) is -3.05. The molecule has 1 nitrogen and oxygen atoms in total. The fourth-order valence-corrected chi connectivity index (χ4v) is 3.05. The van der Waals surface area contributed by atoms with Gasteiger partial charge in [0.25, 0.3) is 0 Å². The summed E-state index contributed by atoms with van der Waals surface area (Å²) in [5.74, 6) is -0.574. The molecule has 0 aliphatic heterocycles. The van der Waals surface area contributed by atoms with E-state index in [4.69, 9.17) is 0 Å². The average molecular weight is 285 g/mol. The molecule has 0 fully saturated rings. The third-order valence-electron chi connectivity index (χ3n) is 2.16. The molecule has 0 aliphatic rings. The second-order valence-corrected chi connectivity index (χ2v) is 5.34. The van der Waals surface area contributed by atoms with Gasteiger partial charge in [0.15, 0.2) is 5.60 Å². The summed E-state index contributed by atoms with van der Waals surface area (Å²) in [6.45, 7) is 3.13. The molecule has 1 heterocycles. The van der Waals surface area contributed by atoms with Crippen LogP contribution in [0.5, 0.6) is 0 Å². The molecule has 0 spiro atoms. The lowest BCUT2D eigenvalue weighted by molar-refractivity contribution is -0.147. The van der Waals surface area contributed by atoms with Crippen LogP contribution in [0.4, 0.5) is 8.78 Å². The van der Waals surface area contributed by atoms with Crippen LogP contribution in [0.2, 0.25) is 0 Å². The van der Waals surface area contributed by atoms with Gasteiger partial charge >= 0.3 is 4.83 Å². The number of halogens is 3. The minimum atomic E-state index is -3.32. The smallest absolute Gasteiger partial charge is 0.334 e. The van der Waals surface area contributed by atoms with E-state index in [1.54, 1.807) is 25.3 Å². The Balaban J connectivity index is 3.20. The highest BCUT2D eigenvalue weighted by Crippen LogP contribution is 2.48. The van der Waals surface area contributed by atoms with Crippen molar-refractivity contribution in [3.8, 4) is 0 Å². The summed E-state index contributed by atoms with van der Waals surface area (Å²) in [6.07, 6.45) is 0. The van der Waals surface area contributed by atoms with Crippen molar-refractivity contribution in [2.24, 2.45) is 5.92 Å². The van der Waals surface area contributed by atoms with Crippen LogP contribution in [0.15, 0.2) is 17.5 Å². The van der Waals surface area contributed by atoms with Crippen molar-refractivity contribution in [2.75, 3.05) is 0 Å². The zero-order valence-corrected chi connectivity index (χ0v) is 10.2. The van der Waals surface area contributed by atoms with Crippen LogP contribution in [0.25, 0.3) is 0 Å². The van der Waals surface area contributed by atoms with E-state index < -0.39 is 16.4 Å². The Morgan fingerprint density at radius 3 is 2.36 bits per heavy atom. The lowest BCUT2D eigenvalue weighted by Crippen LogP contribution is -2.44. The van der Waals surface area contributed by atoms with Gasteiger partial charge in [-0.2, -0.15) is 8.78 Å². The molecule has 0 radical (unpaired) electrons. The van der Waals surface area contributed by atoms with E-state index in [-0.39, 0.29) is 4.88 Å². The van der Waals surface area contributed by atoms with E-state index in [0.717, 1.165) is 11.3 Å². The summed E-state index contributed by atoms with van der Waals surface area (Å²) in [5.41, 5.74) is -2.14. The number of thiophene rings is 1. The maximum absolute atomic E-state index is 13.3. The first-order valence-corrected chi connectivity index (χ1v) is 5.80. The summed E-state index contributed by atoms with van der Waals surface area (Å²) in [6, 6.07) is 3.16. The van der Waals surface area contributed by atoms with Gasteiger partial charge in [-0.3, -0.25) is 0 Å². The molecular weight excluding hydrogens is 274 g/mol. The summed E-state index contributed by atoms with van der Waals surface area (Å²) < 4.78 is 26.5. The topological polar surface area (TPSA) is 20.2 Å². The van der Waals surface area contributed by atoms with Gasteiger partial charge in [0.1, 0.15) is 0 Å². The molecule has 0 amide bonds. The molecule has 0 saturated heterocycles. The van der Waals surface area contributed by atoms with E-state index in [1.807, 2.05) is 0 Å². The van der Waals surface area contributed by atoms with Crippen molar-refractivity contribution in [3.05, 3.63) is 22.4 Å². The van der Waals surface area contributed by atoms with Crippen molar-refractivity contribution in [1.29, 1.82) is 0 Å². The fourth-order valence-electron chi connectivity index (χ4n) is 1.25. The predicted octanol–water partition coefficient (Wildman–Crippen LogP) is 3.58. The van der Waals surface area contributed by atoms with Crippen LogP contribution >= 0.6 is 27.3 Å². The van der Waals surface area contributed by atoms with Gasteiger partial charge in [0, 0.05) is 4.88 Å². The minimum absolute atomic E-state index is 0.273. The maximum Gasteiger partial charge on any atom is 0.334 e. The summed E-state index contributed by atoms with van der Waals surface area (Å²) >= 11 is 3.37. The molecule has 1 unspecified atom stereocenters. The highest BCUT2D eigenvalue weighted by Gasteiger charge is 2.54. The molecule has 0 bridgehead atoms. The first kappa shape index (κ1) is 12.1. The largest absolute Gasteiger partial charge is 0.377 e. The molecular formula is C9H11BrF2OS. The molecule has 0 aromatic carbocycles. The molecule has 14 heavy (non-hydrogen) atoms. The molecule has 1 aromatic rings. The minimum Gasteiger partial charge on any atom is -0.377 e. The van der Waals surface area contributed by atoms with Gasteiger partial charge in [-0.05, 0) is 33.3 Å². The summed E-state index contributed by atoms with van der Waals surface area (Å²) in [7, 11) is 0. The predicted molar refractivity (Wildman–Crippen MR) is 56.9 cm³/mol. The van der Waals surface area contributed by atoms with E-state index in [2.05, 4.69) is 15.9 Å². The highest BCUT2D eigenvalue weighted by molar-refractivity contribution is 9.10. The van der Waals surface area contributed by atoms with Crippen molar-refractivity contribution in [1.82, 2.24) is 0 Å². The molecule has 0 aliphatic carbocycles. The molecule has 80 valence electrons. The third kappa shape index (κ3) is 1.85. The average Bonchev–Trinajstić information content (AvgIpc) is 2.52. The van der Waals surface area contributed by atoms with E-state index in [0.29, 0.717) is 0 Å². The monoisotopic (exact) mass is 284 g/mol. The van der Waals surface area contributed by atoms with Crippen molar-refractivity contribution < 1.29 is 13.9 Å². The number of hydrogen-bond donors (Lipinski definition) is 1. The first-order valence-electron chi connectivity index (χ1n) is 4.13. The van der Waals surface area contributed by atoms with E-state index >= 15 is 0 Å². The molecule has 1 aromatic heterocycles. The van der Waals surface area contributed by atoms with Crippen LogP contribution < -0.4 is 0 Å². The lowest BCUT2D eigenvalue weighted by Gasteiger charge is -2.34. The molecule has 1 atom stereocenters. The highest BCUT2D eigenvalue weighted by atomic mass is 79.9. The van der Waals surface area contributed by atoms with Gasteiger partial charge in [-0.15, -0.1) is 11.3 Å². The first-order chi connectivity index (χ1) is 6.30. The van der Waals surface area contributed by atoms with Crippen LogP contribution in [0.1, 0.15) is 18.7 Å². The van der Waals surface area contributed by atoms with Gasteiger partial charge in [-0.25, -0.2) is 0 Å². The quantitative estimate of drug-likeness (QED) is 0.842. The number of hydrogen-bond acceptors (Lipinski definition) is 2. The zero-order valence-electron chi connectivity index (χ0n) is 7.80. The van der Waals surface area contributed by atoms with Crippen LogP contribution in [0, 0.1) is 5.92 Å². The van der Waals surface area contributed by atoms with Gasteiger partial charge in [0.2, 0.25) is 0 Å². The van der Waals surface area contributed by atoms with Crippen molar-refractivity contribution >= 4 is 27.3 Å². The number of aliphatic hydroxyl groups is 1. The Morgan fingerprint density at radius 1 is 1.50 bits per heavy atom. The Hall–Kier alpha value is -0.000000000000000111. The number of rotatable bonds is 3. The Bertz CT molecular complexity index is 294. The Kier molecular flexibility index (Phi) is 3.33. The molecule has 0 saturated carbocycles. The SMILES string of the molecule is CC(C)C(O)(c1cccs1)C(F)(F)Br. The second-order valence-electron chi connectivity index (χ2n) is 3.40. The van der Waals surface area contributed by atoms with Crippen LogP contribution in [-0.2, 0) is 5.60 Å².